The quantitative estimate of drug-likeness (QED) is 0.787. The summed E-state index contributed by atoms with van der Waals surface area (Å²) in [6.45, 7) is 4.26. The molecule has 11 heteroatoms. The predicted molar refractivity (Wildman–Crippen MR) is 107 cm³/mol. The summed E-state index contributed by atoms with van der Waals surface area (Å²) in [5.74, 6) is -0.335. The Morgan fingerprint density at radius 3 is 2.81 bits per heavy atom. The van der Waals surface area contributed by atoms with Crippen molar-refractivity contribution in [2.75, 3.05) is 25.4 Å². The second kappa shape index (κ2) is 7.63. The maximum atomic E-state index is 12.6. The maximum Gasteiger partial charge on any atom is 0.410 e. The Balaban J connectivity index is 1.61. The lowest BCUT2D eigenvalue weighted by Gasteiger charge is -2.34. The summed E-state index contributed by atoms with van der Waals surface area (Å²) in [6, 6.07) is 3.22. The van der Waals surface area contributed by atoms with Crippen LogP contribution in [-0.2, 0) is 21.6 Å². The van der Waals surface area contributed by atoms with Crippen LogP contribution in [0.2, 0.25) is 0 Å². The lowest BCUT2D eigenvalue weighted by atomic mass is 9.96. The molecular weight excluding hydrogens is 412 g/mol. The van der Waals surface area contributed by atoms with Crippen molar-refractivity contribution in [1.29, 1.82) is 0 Å². The highest BCUT2D eigenvalue weighted by Crippen LogP contribution is 2.40. The number of nitrogens with zero attached hydrogens (tertiary/aromatic N) is 4. The molecule has 0 radical (unpaired) electrons. The van der Waals surface area contributed by atoms with E-state index in [0.717, 1.165) is 5.69 Å². The van der Waals surface area contributed by atoms with Gasteiger partial charge < -0.3 is 24.8 Å². The number of alkyl halides is 2. The van der Waals surface area contributed by atoms with E-state index in [9.17, 15) is 13.6 Å². The molecule has 4 rings (SSSR count). The van der Waals surface area contributed by atoms with Gasteiger partial charge >= 0.3 is 12.7 Å². The number of amides is 1. The van der Waals surface area contributed by atoms with E-state index in [0.29, 0.717) is 43.9 Å². The number of aromatic nitrogens is 3. The summed E-state index contributed by atoms with van der Waals surface area (Å²) in [6.07, 6.45) is 1.66. The van der Waals surface area contributed by atoms with E-state index in [2.05, 4.69) is 14.8 Å². The second-order valence-electron chi connectivity index (χ2n) is 8.62. The molecule has 2 aliphatic rings. The number of halogens is 2. The van der Waals surface area contributed by atoms with Crippen molar-refractivity contribution in [3.63, 3.8) is 0 Å². The molecule has 1 spiro atoms. The van der Waals surface area contributed by atoms with Gasteiger partial charge in [0.15, 0.2) is 11.6 Å². The predicted octanol–water partition coefficient (Wildman–Crippen LogP) is 3.00. The Bertz CT molecular complexity index is 990. The molecule has 0 bridgehead atoms. The van der Waals surface area contributed by atoms with E-state index >= 15 is 0 Å². The second-order valence-corrected chi connectivity index (χ2v) is 8.62. The van der Waals surface area contributed by atoms with Gasteiger partial charge in [0.25, 0.3) is 0 Å². The first-order valence-corrected chi connectivity index (χ1v) is 9.97. The molecule has 1 amide bonds. The summed E-state index contributed by atoms with van der Waals surface area (Å²) in [5, 5.41) is 4.60. The summed E-state index contributed by atoms with van der Waals surface area (Å²) in [4.78, 5) is 18.1. The van der Waals surface area contributed by atoms with Gasteiger partial charge in [0.05, 0.1) is 31.1 Å². The van der Waals surface area contributed by atoms with Crippen LogP contribution in [-0.4, -0.2) is 57.7 Å². The number of rotatable bonds is 3. The first kappa shape index (κ1) is 21.3. The minimum absolute atomic E-state index is 0.128. The third kappa shape index (κ3) is 4.27. The van der Waals surface area contributed by atoms with Crippen LogP contribution in [0.25, 0.3) is 11.3 Å². The average Bonchev–Trinajstić information content (AvgIpc) is 3.28. The zero-order chi connectivity index (χ0) is 22.4. The van der Waals surface area contributed by atoms with Crippen LogP contribution in [0.3, 0.4) is 0 Å². The third-order valence-electron chi connectivity index (χ3n) is 5.21. The van der Waals surface area contributed by atoms with Crippen LogP contribution in [0, 0.1) is 0 Å². The van der Waals surface area contributed by atoms with Gasteiger partial charge in [-0.3, -0.25) is 4.68 Å². The van der Waals surface area contributed by atoms with Crippen LogP contribution in [0.1, 0.15) is 32.9 Å². The smallest absolute Gasteiger partial charge is 0.410 e. The minimum atomic E-state index is -3.01. The lowest BCUT2D eigenvalue weighted by Crippen LogP contribution is -2.43. The Morgan fingerprint density at radius 2 is 2.10 bits per heavy atom. The van der Waals surface area contributed by atoms with Crippen molar-refractivity contribution in [3.8, 4) is 17.0 Å². The van der Waals surface area contributed by atoms with Crippen molar-refractivity contribution >= 4 is 11.9 Å². The largest absolute Gasteiger partial charge is 0.444 e. The summed E-state index contributed by atoms with van der Waals surface area (Å²) in [7, 11) is 0. The number of fused-ring (bicyclic) bond motifs is 2. The number of likely N-dealkylation sites (tertiary alicyclic amines) is 1. The van der Waals surface area contributed by atoms with Gasteiger partial charge in [0, 0.05) is 24.7 Å². The fourth-order valence-corrected chi connectivity index (χ4v) is 3.87. The number of nitrogens with two attached hydrogens (primary N) is 1. The van der Waals surface area contributed by atoms with Crippen molar-refractivity contribution in [2.24, 2.45) is 0 Å². The highest BCUT2D eigenvalue weighted by molar-refractivity contribution is 5.69. The Hall–Kier alpha value is -2.95. The highest BCUT2D eigenvalue weighted by atomic mass is 19.3. The fraction of sp³-hybridized carbons (Fsp3) is 0.550. The van der Waals surface area contributed by atoms with Crippen LogP contribution in [0.4, 0.5) is 19.4 Å². The summed E-state index contributed by atoms with van der Waals surface area (Å²) in [5.41, 5.74) is 6.17. The number of ether oxygens (including phenoxy) is 3. The van der Waals surface area contributed by atoms with Gasteiger partial charge in [-0.15, -0.1) is 0 Å². The number of nitrogen functional groups attached to an aromatic ring is 1. The summed E-state index contributed by atoms with van der Waals surface area (Å²) < 4.78 is 43.2. The first-order valence-electron chi connectivity index (χ1n) is 9.97. The molecule has 0 saturated carbocycles. The number of pyridine rings is 1. The minimum Gasteiger partial charge on any atom is -0.444 e. The van der Waals surface area contributed by atoms with Crippen molar-refractivity contribution in [2.45, 2.75) is 51.6 Å². The fourth-order valence-electron chi connectivity index (χ4n) is 3.87. The normalized spacial score (nSPS) is 20.9. The van der Waals surface area contributed by atoms with E-state index in [-0.39, 0.29) is 17.7 Å². The number of carbonyl (C=O) groups is 1. The Kier molecular flexibility index (Phi) is 5.24. The Labute approximate surface area is 178 Å². The number of hydrogen-bond donors (Lipinski definition) is 1. The standard InChI is InChI=1S/C20H25F2N5O4/c1-19(2,3)31-18(28)26-5-4-20(11-26)15-9-13(25-27(15)6-7-29-20)12-8-14(30-17(21)22)16(23)24-10-12/h8-10,17H,4-7,11H2,1-3H3,(H2,23,24)/t20-/m1/s1. The molecule has 1 atom stereocenters. The third-order valence-corrected chi connectivity index (χ3v) is 5.21. The van der Waals surface area contributed by atoms with Crippen molar-refractivity contribution in [3.05, 3.63) is 24.0 Å². The van der Waals surface area contributed by atoms with Gasteiger partial charge in [-0.2, -0.15) is 13.9 Å². The molecule has 0 aliphatic carbocycles. The topological polar surface area (TPSA) is 105 Å². The van der Waals surface area contributed by atoms with Crippen LogP contribution in [0.15, 0.2) is 18.3 Å². The molecular formula is C20H25F2N5O4. The van der Waals surface area contributed by atoms with Gasteiger partial charge in [0.2, 0.25) is 0 Å². The van der Waals surface area contributed by atoms with Crippen molar-refractivity contribution in [1.82, 2.24) is 19.7 Å². The monoisotopic (exact) mass is 437 g/mol. The number of carbonyl (C=O) groups excluding carboxylic acids is 1. The molecule has 31 heavy (non-hydrogen) atoms. The molecule has 0 aromatic carbocycles. The van der Waals surface area contributed by atoms with E-state index in [4.69, 9.17) is 15.2 Å². The average molecular weight is 437 g/mol. The lowest BCUT2D eigenvalue weighted by molar-refractivity contribution is -0.0727. The van der Waals surface area contributed by atoms with E-state index in [1.165, 1.54) is 12.3 Å². The van der Waals surface area contributed by atoms with E-state index in [1.807, 2.05) is 31.5 Å². The van der Waals surface area contributed by atoms with Crippen LogP contribution >= 0.6 is 0 Å². The van der Waals surface area contributed by atoms with Gasteiger partial charge in [-0.05, 0) is 32.9 Å². The molecule has 2 aliphatic heterocycles. The molecule has 2 N–H and O–H groups in total. The molecule has 1 saturated heterocycles. The molecule has 2 aromatic heterocycles. The van der Waals surface area contributed by atoms with Gasteiger partial charge in [-0.1, -0.05) is 0 Å². The molecule has 9 nitrogen and oxygen atoms in total. The zero-order valence-corrected chi connectivity index (χ0v) is 17.6. The van der Waals surface area contributed by atoms with Crippen molar-refractivity contribution < 1.29 is 27.8 Å². The van der Waals surface area contributed by atoms with Crippen LogP contribution < -0.4 is 10.5 Å². The highest BCUT2D eigenvalue weighted by Gasteiger charge is 2.47. The number of anilines is 1. The van der Waals surface area contributed by atoms with Gasteiger partial charge in [0.1, 0.15) is 11.2 Å². The molecule has 168 valence electrons. The zero-order valence-electron chi connectivity index (χ0n) is 17.6. The SMILES string of the molecule is CC(C)(C)OC(=O)N1CC[C@]2(C1)OCCn1nc(-c3cnc(N)c(OC(F)F)c3)cc12. The molecule has 0 unspecified atom stereocenters. The van der Waals surface area contributed by atoms with E-state index < -0.39 is 17.8 Å². The first-order chi connectivity index (χ1) is 14.6. The molecule has 2 aromatic rings. The van der Waals surface area contributed by atoms with Crippen LogP contribution in [0.5, 0.6) is 5.75 Å². The maximum absolute atomic E-state index is 12.6. The Morgan fingerprint density at radius 1 is 1.32 bits per heavy atom. The number of hydrogen-bond acceptors (Lipinski definition) is 7. The molecule has 1 fully saturated rings. The summed E-state index contributed by atoms with van der Waals surface area (Å²) >= 11 is 0. The van der Waals surface area contributed by atoms with E-state index in [1.54, 1.807) is 4.90 Å². The molecule has 4 heterocycles. The van der Waals surface area contributed by atoms with Gasteiger partial charge in [-0.25, -0.2) is 9.78 Å².